The second-order valence-electron chi connectivity index (χ2n) is 8.12. The molecule has 0 unspecified atom stereocenters. The summed E-state index contributed by atoms with van der Waals surface area (Å²) in [7, 11) is 0. The molecule has 4 nitrogen and oxygen atoms in total. The summed E-state index contributed by atoms with van der Waals surface area (Å²) in [6.07, 6.45) is 8.91. The number of hydrogen-bond acceptors (Lipinski definition) is 3. The molecule has 0 saturated carbocycles. The monoisotopic (exact) mass is 447 g/mol. The van der Waals surface area contributed by atoms with Crippen LogP contribution in [0.1, 0.15) is 16.7 Å². The molecule has 5 heteroatoms. The van der Waals surface area contributed by atoms with E-state index in [9.17, 15) is 9.18 Å². The number of carbonyl (C=O) groups excluding carboxylic acids is 1. The molecule has 0 atom stereocenters. The van der Waals surface area contributed by atoms with Crippen LogP contribution in [0, 0.1) is 5.82 Å². The van der Waals surface area contributed by atoms with E-state index in [1.54, 1.807) is 36.7 Å². The number of halogens is 1. The van der Waals surface area contributed by atoms with Crippen LogP contribution < -0.4 is 0 Å². The molecule has 0 aliphatic heterocycles. The highest BCUT2D eigenvalue weighted by Crippen LogP contribution is 2.24. The third kappa shape index (κ3) is 4.84. The zero-order valence-electron chi connectivity index (χ0n) is 18.4. The largest absolute Gasteiger partial charge is 0.326 e. The van der Waals surface area contributed by atoms with Crippen LogP contribution in [0.2, 0.25) is 0 Å². The first kappa shape index (κ1) is 21.5. The molecule has 5 aromatic rings. The van der Waals surface area contributed by atoms with Gasteiger partial charge in [0, 0.05) is 30.9 Å². The average molecular weight is 448 g/mol. The van der Waals surface area contributed by atoms with Crippen LogP contribution in [-0.2, 0) is 17.8 Å². The minimum Gasteiger partial charge on any atom is -0.326 e. The van der Waals surface area contributed by atoms with Gasteiger partial charge in [-0.1, -0.05) is 48.5 Å². The molecule has 34 heavy (non-hydrogen) atoms. The van der Waals surface area contributed by atoms with E-state index < -0.39 is 0 Å². The number of rotatable bonds is 7. The third-order valence-corrected chi connectivity index (χ3v) is 5.74. The molecule has 0 spiro atoms. The van der Waals surface area contributed by atoms with Gasteiger partial charge in [-0.05, 0) is 64.7 Å². The average Bonchev–Trinajstić information content (AvgIpc) is 3.27. The molecule has 0 amide bonds. The van der Waals surface area contributed by atoms with Crippen molar-refractivity contribution in [2.75, 3.05) is 0 Å². The zero-order valence-corrected chi connectivity index (χ0v) is 18.4. The molecule has 0 aliphatic carbocycles. The van der Waals surface area contributed by atoms with Crippen molar-refractivity contribution in [3.63, 3.8) is 0 Å². The highest BCUT2D eigenvalue weighted by atomic mass is 19.1. The molecule has 2 aromatic heterocycles. The maximum absolute atomic E-state index is 13.3. The Morgan fingerprint density at radius 1 is 0.912 bits per heavy atom. The summed E-state index contributed by atoms with van der Waals surface area (Å²) >= 11 is 0. The molecule has 0 aliphatic rings. The lowest BCUT2D eigenvalue weighted by atomic mass is 10.0. The lowest BCUT2D eigenvalue weighted by molar-refractivity contribution is -0.113. The third-order valence-electron chi connectivity index (χ3n) is 5.74. The number of carbonyl (C=O) groups is 1. The predicted molar refractivity (Wildman–Crippen MR) is 133 cm³/mol. The fourth-order valence-electron chi connectivity index (χ4n) is 3.97. The minimum atomic E-state index is -0.283. The van der Waals surface area contributed by atoms with E-state index in [-0.39, 0.29) is 11.6 Å². The number of nitrogens with zero attached hydrogens (tertiary/aromatic N) is 3. The topological polar surface area (TPSA) is 47.8 Å². The van der Waals surface area contributed by atoms with E-state index in [0.29, 0.717) is 6.42 Å². The zero-order chi connectivity index (χ0) is 23.3. The molecule has 0 N–H and O–H groups in total. The van der Waals surface area contributed by atoms with Crippen molar-refractivity contribution in [2.24, 2.45) is 0 Å². The molecule has 0 radical (unpaired) electrons. The first-order chi connectivity index (χ1) is 16.7. The summed E-state index contributed by atoms with van der Waals surface area (Å²) in [6.45, 7) is 0.724. The number of allylic oxidation sites excluding steroid dienone is 1. The molecule has 166 valence electrons. The number of aromatic nitrogens is 3. The summed E-state index contributed by atoms with van der Waals surface area (Å²) in [5, 5.41) is 0. The maximum Gasteiger partial charge on any atom is 0.160 e. The van der Waals surface area contributed by atoms with E-state index in [2.05, 4.69) is 32.7 Å². The summed E-state index contributed by atoms with van der Waals surface area (Å²) in [6, 6.07) is 24.3. The lowest BCUT2D eigenvalue weighted by Gasteiger charge is -2.06. The maximum atomic E-state index is 13.3. The number of ketones is 1. The van der Waals surface area contributed by atoms with Gasteiger partial charge in [0.25, 0.3) is 0 Å². The highest BCUT2D eigenvalue weighted by Gasteiger charge is 2.06. The Labute approximate surface area is 197 Å². The highest BCUT2D eigenvalue weighted by molar-refractivity contribution is 5.96. The molecular formula is C29H22FN3O. The molecule has 0 fully saturated rings. The van der Waals surface area contributed by atoms with Crippen molar-refractivity contribution in [2.45, 2.75) is 13.0 Å². The van der Waals surface area contributed by atoms with Crippen molar-refractivity contribution in [1.82, 2.24) is 14.5 Å². The Hall–Kier alpha value is -4.38. The first-order valence-corrected chi connectivity index (χ1v) is 11.0. The van der Waals surface area contributed by atoms with Crippen LogP contribution in [0.3, 0.4) is 0 Å². The number of fused-ring (bicyclic) bond motifs is 1. The smallest absolute Gasteiger partial charge is 0.160 e. The second-order valence-corrected chi connectivity index (χ2v) is 8.12. The molecular weight excluding hydrogens is 425 g/mol. The van der Waals surface area contributed by atoms with E-state index in [0.717, 1.165) is 45.4 Å². The normalized spacial score (nSPS) is 11.3. The van der Waals surface area contributed by atoms with Crippen molar-refractivity contribution in [1.29, 1.82) is 0 Å². The van der Waals surface area contributed by atoms with Crippen molar-refractivity contribution >= 4 is 22.9 Å². The number of imidazole rings is 1. The summed E-state index contributed by atoms with van der Waals surface area (Å²) in [4.78, 5) is 21.2. The van der Waals surface area contributed by atoms with E-state index in [1.807, 2.05) is 42.7 Å². The Balaban J connectivity index is 1.25. The molecule has 0 saturated heterocycles. The van der Waals surface area contributed by atoms with Gasteiger partial charge in [0.2, 0.25) is 0 Å². The van der Waals surface area contributed by atoms with Crippen LogP contribution in [0.25, 0.3) is 28.2 Å². The number of para-hydroxylation sites is 2. The quantitative estimate of drug-likeness (QED) is 0.283. The van der Waals surface area contributed by atoms with Crippen molar-refractivity contribution in [3.8, 4) is 11.1 Å². The number of hydrogen-bond donors (Lipinski definition) is 0. The molecule has 2 heterocycles. The van der Waals surface area contributed by atoms with Crippen LogP contribution in [0.4, 0.5) is 4.39 Å². The van der Waals surface area contributed by atoms with Gasteiger partial charge in [0.1, 0.15) is 5.82 Å². The van der Waals surface area contributed by atoms with Crippen LogP contribution >= 0.6 is 0 Å². The Morgan fingerprint density at radius 2 is 1.68 bits per heavy atom. The summed E-state index contributed by atoms with van der Waals surface area (Å²) in [5.41, 5.74) is 6.76. The summed E-state index contributed by atoms with van der Waals surface area (Å²) in [5.74, 6) is -0.281. The van der Waals surface area contributed by atoms with E-state index in [4.69, 9.17) is 0 Å². The van der Waals surface area contributed by atoms with Gasteiger partial charge >= 0.3 is 0 Å². The molecule has 3 aromatic carbocycles. The standard InChI is InChI=1S/C29H22FN3O/c30-25-12-9-23(10-13-25)27-15-16-31-18-24(27)11-14-26(34)17-21-5-7-22(8-6-21)19-33-20-32-28-3-1-2-4-29(28)33/h1-16,18,20H,17,19H2/b14-11+. The second kappa shape index (κ2) is 9.63. The summed E-state index contributed by atoms with van der Waals surface area (Å²) < 4.78 is 15.4. The fourth-order valence-corrected chi connectivity index (χ4v) is 3.97. The van der Waals surface area contributed by atoms with Crippen molar-refractivity contribution in [3.05, 3.63) is 126 Å². The fraction of sp³-hybridized carbons (Fsp3) is 0.0690. The van der Waals surface area contributed by atoms with Gasteiger partial charge < -0.3 is 4.57 Å². The van der Waals surface area contributed by atoms with Crippen LogP contribution in [-0.4, -0.2) is 20.3 Å². The number of pyridine rings is 1. The molecule has 0 bridgehead atoms. The SMILES string of the molecule is O=C(/C=C/c1cnccc1-c1ccc(F)cc1)Cc1ccc(Cn2cnc3ccccc32)cc1. The predicted octanol–water partition coefficient (Wildman–Crippen LogP) is 6.11. The van der Waals surface area contributed by atoms with Gasteiger partial charge in [0.05, 0.1) is 17.4 Å². The van der Waals surface area contributed by atoms with Crippen molar-refractivity contribution < 1.29 is 9.18 Å². The van der Waals surface area contributed by atoms with Crippen LogP contribution in [0.5, 0.6) is 0 Å². The van der Waals surface area contributed by atoms with E-state index >= 15 is 0 Å². The van der Waals surface area contributed by atoms with Gasteiger partial charge in [-0.15, -0.1) is 0 Å². The van der Waals surface area contributed by atoms with Gasteiger partial charge in [-0.3, -0.25) is 9.78 Å². The van der Waals surface area contributed by atoms with E-state index in [1.165, 1.54) is 12.1 Å². The molecule has 5 rings (SSSR count). The van der Waals surface area contributed by atoms with Gasteiger partial charge in [-0.25, -0.2) is 9.37 Å². The van der Waals surface area contributed by atoms with Crippen LogP contribution in [0.15, 0.2) is 104 Å². The Bertz CT molecular complexity index is 1470. The van der Waals surface area contributed by atoms with Gasteiger partial charge in [0.15, 0.2) is 5.78 Å². The first-order valence-electron chi connectivity index (χ1n) is 11.0. The minimum absolute atomic E-state index is 0.00210. The lowest BCUT2D eigenvalue weighted by Crippen LogP contribution is -2.01. The Kier molecular flexibility index (Phi) is 6.08. The Morgan fingerprint density at radius 3 is 2.50 bits per heavy atom. The van der Waals surface area contributed by atoms with Gasteiger partial charge in [-0.2, -0.15) is 0 Å². The number of benzene rings is 3.